The van der Waals surface area contributed by atoms with Crippen LogP contribution in [0.1, 0.15) is 6.42 Å². The zero-order valence-corrected chi connectivity index (χ0v) is 15.3. The SMILES string of the molecule is N#C[N+]1(c2ccccc2)CC[NH+]([C@H]2CC(=O)N(c3ccccc3F)C2=O)CC1. The highest BCUT2D eigenvalue weighted by Gasteiger charge is 2.49. The molecule has 142 valence electrons. The van der Waals surface area contributed by atoms with Gasteiger partial charge in [-0.15, -0.1) is 5.26 Å². The van der Waals surface area contributed by atoms with E-state index in [0.717, 1.165) is 15.5 Å². The molecule has 0 aromatic heterocycles. The normalized spacial score (nSPS) is 27.6. The zero-order valence-electron chi connectivity index (χ0n) is 15.3. The van der Waals surface area contributed by atoms with Gasteiger partial charge in [0.15, 0.2) is 6.04 Å². The predicted molar refractivity (Wildman–Crippen MR) is 102 cm³/mol. The number of quaternary nitrogens is 2. The lowest BCUT2D eigenvalue weighted by Crippen LogP contribution is -3.19. The number of hydrogen-bond acceptors (Lipinski definition) is 3. The smallest absolute Gasteiger partial charge is 0.314 e. The third kappa shape index (κ3) is 2.97. The summed E-state index contributed by atoms with van der Waals surface area (Å²) in [6, 6.07) is 14.9. The average Bonchev–Trinajstić information content (AvgIpc) is 3.03. The Bertz CT molecular complexity index is 948. The van der Waals surface area contributed by atoms with E-state index < -0.39 is 11.9 Å². The minimum absolute atomic E-state index is 0.0165. The van der Waals surface area contributed by atoms with E-state index in [1.165, 1.54) is 18.2 Å². The molecule has 2 fully saturated rings. The van der Waals surface area contributed by atoms with Gasteiger partial charge < -0.3 is 4.90 Å². The minimum Gasteiger partial charge on any atom is -0.315 e. The van der Waals surface area contributed by atoms with Crippen molar-refractivity contribution in [3.63, 3.8) is 0 Å². The molecule has 1 N–H and O–H groups in total. The van der Waals surface area contributed by atoms with Gasteiger partial charge in [0.25, 0.3) is 5.91 Å². The van der Waals surface area contributed by atoms with E-state index in [-0.39, 0.29) is 28.4 Å². The second-order valence-electron chi connectivity index (χ2n) is 7.28. The van der Waals surface area contributed by atoms with Gasteiger partial charge in [-0.1, -0.05) is 30.3 Å². The van der Waals surface area contributed by atoms with Gasteiger partial charge in [-0.05, 0) is 12.1 Å². The molecule has 0 saturated carbocycles. The van der Waals surface area contributed by atoms with Crippen molar-refractivity contribution < 1.29 is 18.9 Å². The van der Waals surface area contributed by atoms with E-state index in [9.17, 15) is 19.2 Å². The Morgan fingerprint density at radius 3 is 2.32 bits per heavy atom. The van der Waals surface area contributed by atoms with Crippen molar-refractivity contribution in [3.05, 3.63) is 60.4 Å². The fourth-order valence-electron chi connectivity index (χ4n) is 4.22. The lowest BCUT2D eigenvalue weighted by molar-refractivity contribution is -0.918. The van der Waals surface area contributed by atoms with Crippen molar-refractivity contribution >= 4 is 23.2 Å². The number of carbonyl (C=O) groups excluding carboxylic acids is 2. The fourth-order valence-corrected chi connectivity index (χ4v) is 4.22. The van der Waals surface area contributed by atoms with E-state index in [1.807, 2.05) is 30.3 Å². The predicted octanol–water partition coefficient (Wildman–Crippen LogP) is 0.845. The quantitative estimate of drug-likeness (QED) is 0.488. The van der Waals surface area contributed by atoms with Gasteiger partial charge in [-0.3, -0.25) is 9.59 Å². The van der Waals surface area contributed by atoms with Gasteiger partial charge in [-0.25, -0.2) is 9.29 Å². The Balaban J connectivity index is 1.51. The maximum Gasteiger partial charge on any atom is 0.314 e. The van der Waals surface area contributed by atoms with E-state index in [0.29, 0.717) is 26.2 Å². The number of anilines is 1. The summed E-state index contributed by atoms with van der Waals surface area (Å²) in [4.78, 5) is 27.3. The molecule has 0 unspecified atom stereocenters. The lowest BCUT2D eigenvalue weighted by atomic mass is 10.1. The van der Waals surface area contributed by atoms with Crippen LogP contribution < -0.4 is 14.3 Å². The van der Waals surface area contributed by atoms with Crippen LogP contribution in [0.5, 0.6) is 0 Å². The van der Waals surface area contributed by atoms with Gasteiger partial charge in [0.1, 0.15) is 37.7 Å². The number of para-hydroxylation sites is 2. The second kappa shape index (κ2) is 7.15. The third-order valence-corrected chi connectivity index (χ3v) is 5.80. The van der Waals surface area contributed by atoms with Crippen LogP contribution in [0.15, 0.2) is 54.6 Å². The molecule has 6 nitrogen and oxygen atoms in total. The van der Waals surface area contributed by atoms with Crippen LogP contribution in [0, 0.1) is 17.3 Å². The summed E-state index contributed by atoms with van der Waals surface area (Å²) < 4.78 is 14.3. The van der Waals surface area contributed by atoms with Crippen molar-refractivity contribution in [2.24, 2.45) is 0 Å². The number of benzene rings is 2. The number of imide groups is 1. The van der Waals surface area contributed by atoms with E-state index in [2.05, 4.69) is 6.19 Å². The standard InChI is InChI=1S/C21H20FN4O2/c22-17-8-4-5-9-18(17)25-20(27)14-19(21(25)28)24-10-12-26(15-23,13-11-24)16-6-2-1-3-7-16/h1-9,19H,10-14H2/q+1/p+1/t19-/m0/s1. The number of halogens is 1. The van der Waals surface area contributed by atoms with Crippen molar-refractivity contribution in [3.8, 4) is 6.19 Å². The highest BCUT2D eigenvalue weighted by Crippen LogP contribution is 2.26. The maximum atomic E-state index is 14.1. The highest BCUT2D eigenvalue weighted by atomic mass is 19.1. The molecule has 4 rings (SSSR count). The molecule has 7 heteroatoms. The Morgan fingerprint density at radius 2 is 1.68 bits per heavy atom. The van der Waals surface area contributed by atoms with Crippen LogP contribution in [-0.4, -0.2) is 44.0 Å². The molecule has 2 aromatic carbocycles. The van der Waals surface area contributed by atoms with Crippen LogP contribution in [0.2, 0.25) is 0 Å². The van der Waals surface area contributed by atoms with Crippen LogP contribution >= 0.6 is 0 Å². The summed E-state index contributed by atoms with van der Waals surface area (Å²) >= 11 is 0. The maximum absolute atomic E-state index is 14.1. The molecule has 2 heterocycles. The number of carbonyl (C=O) groups is 2. The van der Waals surface area contributed by atoms with Crippen molar-refractivity contribution in [2.45, 2.75) is 12.5 Å². The molecule has 0 spiro atoms. The second-order valence-corrected chi connectivity index (χ2v) is 7.28. The average molecular weight is 380 g/mol. The first kappa shape index (κ1) is 18.3. The van der Waals surface area contributed by atoms with Gasteiger partial charge in [0.05, 0.1) is 12.1 Å². The molecule has 0 radical (unpaired) electrons. The molecule has 0 bridgehead atoms. The first-order chi connectivity index (χ1) is 13.6. The first-order valence-electron chi connectivity index (χ1n) is 9.36. The van der Waals surface area contributed by atoms with Gasteiger partial charge in [0, 0.05) is 12.1 Å². The molecule has 2 aliphatic rings. The molecule has 2 aromatic rings. The van der Waals surface area contributed by atoms with E-state index >= 15 is 0 Å². The summed E-state index contributed by atoms with van der Waals surface area (Å²) in [5.41, 5.74) is 0.953. The monoisotopic (exact) mass is 380 g/mol. The zero-order chi connectivity index (χ0) is 19.7. The van der Waals surface area contributed by atoms with Crippen molar-refractivity contribution in [2.75, 3.05) is 31.1 Å². The molecular formula is C21H21FN4O2+2. The summed E-state index contributed by atoms with van der Waals surface area (Å²) in [7, 11) is 0. The van der Waals surface area contributed by atoms with Gasteiger partial charge >= 0.3 is 6.19 Å². The Kier molecular flexibility index (Phi) is 4.67. The van der Waals surface area contributed by atoms with E-state index in [1.54, 1.807) is 6.07 Å². The van der Waals surface area contributed by atoms with Crippen LogP contribution in [-0.2, 0) is 9.59 Å². The number of nitrogens with zero attached hydrogens (tertiary/aromatic N) is 3. The topological polar surface area (TPSA) is 65.6 Å². The van der Waals surface area contributed by atoms with Crippen molar-refractivity contribution in [1.82, 2.24) is 4.48 Å². The summed E-state index contributed by atoms with van der Waals surface area (Å²) in [6.45, 7) is 2.32. The lowest BCUT2D eigenvalue weighted by Gasteiger charge is -2.37. The fraction of sp³-hybridized carbons (Fsp3) is 0.286. The Morgan fingerprint density at radius 1 is 1.04 bits per heavy atom. The largest absolute Gasteiger partial charge is 0.315 e. The van der Waals surface area contributed by atoms with Gasteiger partial charge in [-0.2, -0.15) is 4.48 Å². The molecular weight excluding hydrogens is 359 g/mol. The number of nitriles is 1. The molecule has 0 aliphatic carbocycles. The first-order valence-corrected chi connectivity index (χ1v) is 9.36. The Hall–Kier alpha value is -3.08. The number of piperazine rings is 1. The van der Waals surface area contributed by atoms with E-state index in [4.69, 9.17) is 0 Å². The summed E-state index contributed by atoms with van der Waals surface area (Å²) in [6.07, 6.45) is 2.49. The molecule has 2 aliphatic heterocycles. The Labute approximate surface area is 162 Å². The number of nitrogens with one attached hydrogen (secondary N) is 1. The van der Waals surface area contributed by atoms with Crippen LogP contribution in [0.4, 0.5) is 15.8 Å². The molecule has 2 amide bonds. The number of hydrogen-bond donors (Lipinski definition) is 1. The van der Waals surface area contributed by atoms with Gasteiger partial charge in [0.2, 0.25) is 5.91 Å². The minimum atomic E-state index is -0.581. The third-order valence-electron chi connectivity index (χ3n) is 5.80. The summed E-state index contributed by atoms with van der Waals surface area (Å²) in [5.74, 6) is -1.31. The van der Waals surface area contributed by atoms with Crippen LogP contribution in [0.3, 0.4) is 0 Å². The van der Waals surface area contributed by atoms with Crippen LogP contribution in [0.25, 0.3) is 0 Å². The molecule has 2 saturated heterocycles. The number of amides is 2. The molecule has 28 heavy (non-hydrogen) atoms. The highest BCUT2D eigenvalue weighted by molar-refractivity contribution is 6.21. The number of rotatable bonds is 3. The summed E-state index contributed by atoms with van der Waals surface area (Å²) in [5, 5.41) is 9.80. The molecule has 1 atom stereocenters. The van der Waals surface area contributed by atoms with Crippen molar-refractivity contribution in [1.29, 1.82) is 5.26 Å².